The van der Waals surface area contributed by atoms with Crippen molar-refractivity contribution in [2.45, 2.75) is 19.4 Å². The minimum atomic E-state index is -0.272. The molecule has 1 aliphatic heterocycles. The van der Waals surface area contributed by atoms with Gasteiger partial charge in [-0.2, -0.15) is 0 Å². The molecule has 0 bridgehead atoms. The summed E-state index contributed by atoms with van der Waals surface area (Å²) in [4.78, 5) is 12.0. The number of carbonyl (C=O) groups excluding carboxylic acids is 1. The lowest BCUT2D eigenvalue weighted by Gasteiger charge is -2.17. The fraction of sp³-hybridized carbons (Fsp3) is 0.211. The van der Waals surface area contributed by atoms with E-state index in [2.05, 4.69) is 0 Å². The monoisotopic (exact) mass is 294 g/mol. The van der Waals surface area contributed by atoms with Gasteiger partial charge in [0, 0.05) is 23.1 Å². The van der Waals surface area contributed by atoms with Crippen molar-refractivity contribution in [1.29, 1.82) is 0 Å². The topological polar surface area (TPSA) is 35.5 Å². The van der Waals surface area contributed by atoms with Gasteiger partial charge in [0.05, 0.1) is 7.11 Å². The molecule has 0 saturated heterocycles. The number of para-hydroxylation sites is 1. The second-order valence-electron chi connectivity index (χ2n) is 5.32. The maximum absolute atomic E-state index is 12.0. The minimum Gasteiger partial charge on any atom is -0.496 e. The van der Waals surface area contributed by atoms with E-state index in [1.165, 1.54) is 0 Å². The molecule has 1 heterocycles. The molecule has 0 radical (unpaired) electrons. The van der Waals surface area contributed by atoms with Gasteiger partial charge in [0.25, 0.3) is 0 Å². The Hall–Kier alpha value is -2.55. The summed E-state index contributed by atoms with van der Waals surface area (Å²) in [6.45, 7) is 1.81. The number of carbonyl (C=O) groups is 1. The van der Waals surface area contributed by atoms with Crippen molar-refractivity contribution in [3.8, 4) is 5.75 Å². The van der Waals surface area contributed by atoms with E-state index in [1.54, 1.807) is 7.11 Å². The molecular weight excluding hydrogens is 276 g/mol. The van der Waals surface area contributed by atoms with E-state index in [9.17, 15) is 4.79 Å². The summed E-state index contributed by atoms with van der Waals surface area (Å²) < 4.78 is 11.0. The molecule has 0 aliphatic carbocycles. The summed E-state index contributed by atoms with van der Waals surface area (Å²) in [5.74, 6) is 0.509. The Bertz CT molecular complexity index is 716. The first-order valence-corrected chi connectivity index (χ1v) is 7.29. The van der Waals surface area contributed by atoms with Gasteiger partial charge in [0.1, 0.15) is 11.9 Å². The van der Waals surface area contributed by atoms with Gasteiger partial charge in [-0.15, -0.1) is 0 Å². The predicted molar refractivity (Wildman–Crippen MR) is 85.6 cm³/mol. The molecule has 0 aromatic heterocycles. The molecule has 1 atom stereocenters. The second kappa shape index (κ2) is 6.06. The largest absolute Gasteiger partial charge is 0.496 e. The van der Waals surface area contributed by atoms with E-state index >= 15 is 0 Å². The average molecular weight is 294 g/mol. The van der Waals surface area contributed by atoms with Crippen LogP contribution in [0.5, 0.6) is 5.75 Å². The van der Waals surface area contributed by atoms with Crippen LogP contribution in [0.4, 0.5) is 0 Å². The standard InChI is InChI=1S/C19H18O3/c1-13-18(15-10-6-7-11-16(15)21-2)17(22-19(13)20)12-14-8-4-3-5-9-14/h3-11,17H,12H2,1-2H3. The number of hydrogen-bond acceptors (Lipinski definition) is 3. The summed E-state index contributed by atoms with van der Waals surface area (Å²) in [6.07, 6.45) is 0.392. The maximum atomic E-state index is 12.0. The van der Waals surface area contributed by atoms with Crippen LogP contribution in [0, 0.1) is 0 Å². The molecule has 1 aliphatic rings. The van der Waals surface area contributed by atoms with Crippen LogP contribution in [0.25, 0.3) is 5.57 Å². The fourth-order valence-corrected chi connectivity index (χ4v) is 2.84. The summed E-state index contributed by atoms with van der Waals surface area (Å²) in [5.41, 5.74) is 3.65. The van der Waals surface area contributed by atoms with Gasteiger partial charge in [-0.05, 0) is 18.6 Å². The molecule has 0 fully saturated rings. The molecule has 112 valence electrons. The average Bonchev–Trinajstić information content (AvgIpc) is 2.82. The Morgan fingerprint density at radius 2 is 1.73 bits per heavy atom. The molecule has 3 rings (SSSR count). The normalized spacial score (nSPS) is 17.5. The van der Waals surface area contributed by atoms with Gasteiger partial charge in [-0.1, -0.05) is 48.5 Å². The molecule has 3 nitrogen and oxygen atoms in total. The third kappa shape index (κ3) is 2.62. The van der Waals surface area contributed by atoms with Gasteiger partial charge in [0.15, 0.2) is 0 Å². The Morgan fingerprint density at radius 3 is 2.45 bits per heavy atom. The third-order valence-electron chi connectivity index (χ3n) is 3.94. The number of benzene rings is 2. The van der Waals surface area contributed by atoms with E-state index in [4.69, 9.17) is 9.47 Å². The van der Waals surface area contributed by atoms with E-state index in [0.717, 1.165) is 22.4 Å². The van der Waals surface area contributed by atoms with Gasteiger partial charge < -0.3 is 9.47 Å². The van der Waals surface area contributed by atoms with Crippen molar-refractivity contribution in [2.24, 2.45) is 0 Å². The molecular formula is C19H18O3. The van der Waals surface area contributed by atoms with Gasteiger partial charge in [-0.3, -0.25) is 0 Å². The Labute approximate surface area is 130 Å². The van der Waals surface area contributed by atoms with Crippen LogP contribution >= 0.6 is 0 Å². The van der Waals surface area contributed by atoms with Crippen molar-refractivity contribution in [1.82, 2.24) is 0 Å². The lowest BCUT2D eigenvalue weighted by molar-refractivity contribution is -0.139. The Kier molecular flexibility index (Phi) is 3.96. The number of hydrogen-bond donors (Lipinski definition) is 0. The van der Waals surface area contributed by atoms with Crippen molar-refractivity contribution in [2.75, 3.05) is 7.11 Å². The molecule has 0 N–H and O–H groups in total. The van der Waals surface area contributed by atoms with E-state index in [0.29, 0.717) is 12.0 Å². The third-order valence-corrected chi connectivity index (χ3v) is 3.94. The maximum Gasteiger partial charge on any atom is 0.334 e. The molecule has 1 unspecified atom stereocenters. The summed E-state index contributed by atoms with van der Waals surface area (Å²) in [5, 5.41) is 0. The molecule has 0 amide bonds. The molecule has 3 heteroatoms. The Morgan fingerprint density at radius 1 is 1.05 bits per heavy atom. The minimum absolute atomic E-state index is 0.248. The van der Waals surface area contributed by atoms with Crippen LogP contribution in [0.15, 0.2) is 60.2 Å². The number of ether oxygens (including phenoxy) is 2. The van der Waals surface area contributed by atoms with Crippen molar-refractivity contribution in [3.05, 3.63) is 71.3 Å². The zero-order chi connectivity index (χ0) is 15.5. The first-order valence-electron chi connectivity index (χ1n) is 7.29. The van der Waals surface area contributed by atoms with Crippen molar-refractivity contribution < 1.29 is 14.3 Å². The molecule has 2 aromatic rings. The molecule has 0 spiro atoms. The van der Waals surface area contributed by atoms with Crippen LogP contribution in [0.3, 0.4) is 0 Å². The van der Waals surface area contributed by atoms with E-state index in [1.807, 2.05) is 61.5 Å². The Balaban J connectivity index is 2.00. The number of methoxy groups -OCH3 is 1. The summed E-state index contributed by atoms with van der Waals surface area (Å²) in [7, 11) is 1.64. The second-order valence-corrected chi connectivity index (χ2v) is 5.32. The van der Waals surface area contributed by atoms with Crippen LogP contribution in [-0.4, -0.2) is 19.2 Å². The smallest absolute Gasteiger partial charge is 0.334 e. The first kappa shape index (κ1) is 14.4. The van der Waals surface area contributed by atoms with Gasteiger partial charge >= 0.3 is 5.97 Å². The fourth-order valence-electron chi connectivity index (χ4n) is 2.84. The lowest BCUT2D eigenvalue weighted by atomic mass is 9.93. The zero-order valence-corrected chi connectivity index (χ0v) is 12.7. The molecule has 2 aromatic carbocycles. The highest BCUT2D eigenvalue weighted by Gasteiger charge is 2.33. The first-order chi connectivity index (χ1) is 10.7. The molecule has 0 saturated carbocycles. The highest BCUT2D eigenvalue weighted by molar-refractivity contribution is 6.03. The zero-order valence-electron chi connectivity index (χ0n) is 12.7. The van der Waals surface area contributed by atoms with Gasteiger partial charge in [-0.25, -0.2) is 4.79 Å². The highest BCUT2D eigenvalue weighted by Crippen LogP contribution is 2.37. The van der Waals surface area contributed by atoms with E-state index in [-0.39, 0.29) is 12.1 Å². The van der Waals surface area contributed by atoms with Crippen LogP contribution in [-0.2, 0) is 16.0 Å². The number of cyclic esters (lactones) is 1. The van der Waals surface area contributed by atoms with Crippen molar-refractivity contribution >= 4 is 11.5 Å². The van der Waals surface area contributed by atoms with Crippen LogP contribution in [0.1, 0.15) is 18.1 Å². The van der Waals surface area contributed by atoms with Crippen molar-refractivity contribution in [3.63, 3.8) is 0 Å². The number of rotatable bonds is 4. The molecule has 22 heavy (non-hydrogen) atoms. The number of esters is 1. The highest BCUT2D eigenvalue weighted by atomic mass is 16.5. The predicted octanol–water partition coefficient (Wildman–Crippen LogP) is 3.64. The van der Waals surface area contributed by atoms with Crippen LogP contribution < -0.4 is 4.74 Å². The quantitative estimate of drug-likeness (QED) is 0.808. The van der Waals surface area contributed by atoms with Gasteiger partial charge in [0.2, 0.25) is 0 Å². The SMILES string of the molecule is COc1ccccc1C1=C(C)C(=O)OC1Cc1ccccc1. The van der Waals surface area contributed by atoms with E-state index < -0.39 is 0 Å². The summed E-state index contributed by atoms with van der Waals surface area (Å²) in [6, 6.07) is 17.8. The summed E-state index contributed by atoms with van der Waals surface area (Å²) >= 11 is 0. The lowest BCUT2D eigenvalue weighted by Crippen LogP contribution is -2.15. The van der Waals surface area contributed by atoms with Crippen LogP contribution in [0.2, 0.25) is 0 Å².